The van der Waals surface area contributed by atoms with Crippen LogP contribution in [0.4, 0.5) is 8.78 Å². The molecule has 0 radical (unpaired) electrons. The van der Waals surface area contributed by atoms with Gasteiger partial charge < -0.3 is 15.2 Å². The monoisotopic (exact) mass is 538 g/mol. The smallest absolute Gasteiger partial charge is 0.244 e. The van der Waals surface area contributed by atoms with E-state index in [2.05, 4.69) is 17.0 Å². The first kappa shape index (κ1) is 28.0. The maximum atomic E-state index is 13.8. The lowest BCUT2D eigenvalue weighted by Gasteiger charge is -2.25. The van der Waals surface area contributed by atoms with E-state index >= 15 is 0 Å². The predicted molar refractivity (Wildman–Crippen MR) is 136 cm³/mol. The molecule has 0 amide bonds. The molecular formula is C26H29ClF2N2O4S. The normalized spacial score (nSPS) is 13.4. The summed E-state index contributed by atoms with van der Waals surface area (Å²) in [5, 5.41) is 14.2. The van der Waals surface area contributed by atoms with E-state index in [0.29, 0.717) is 6.54 Å². The molecule has 3 N–H and O–H groups in total. The molecule has 3 aromatic rings. The van der Waals surface area contributed by atoms with E-state index in [1.54, 1.807) is 0 Å². The van der Waals surface area contributed by atoms with Gasteiger partial charge in [-0.2, -0.15) is 0 Å². The predicted octanol–water partition coefficient (Wildman–Crippen LogP) is 4.23. The number of nitrogens with one attached hydrogen (secondary N) is 2. The number of hydrogen-bond donors (Lipinski definition) is 3. The second-order valence-corrected chi connectivity index (χ2v) is 10.5. The summed E-state index contributed by atoms with van der Waals surface area (Å²) < 4.78 is 61.7. The fourth-order valence-electron chi connectivity index (χ4n) is 3.83. The van der Waals surface area contributed by atoms with Crippen LogP contribution in [0.2, 0.25) is 5.02 Å². The zero-order chi connectivity index (χ0) is 26.3. The standard InChI is InChI=1S/C26H29ClF2N2O4S/c1-3-17-5-4-6-18(9-17)15-30-16-24(32)23(12-19-10-21(28)14-22(29)11-19)31-36(33,34)26-13-20(27)7-8-25(26)35-2/h4-11,13-14,23-24,30-32H,3,12,15-16H2,1-2H3/t23-,24+/m1/s1. The molecule has 10 heteroatoms. The summed E-state index contributed by atoms with van der Waals surface area (Å²) in [5.74, 6) is -1.54. The zero-order valence-electron chi connectivity index (χ0n) is 20.0. The Hall–Kier alpha value is -2.56. The van der Waals surface area contributed by atoms with Gasteiger partial charge in [0, 0.05) is 24.2 Å². The highest BCUT2D eigenvalue weighted by Crippen LogP contribution is 2.27. The molecule has 3 aromatic carbocycles. The lowest BCUT2D eigenvalue weighted by molar-refractivity contribution is 0.134. The van der Waals surface area contributed by atoms with Crippen molar-refractivity contribution in [3.8, 4) is 5.75 Å². The summed E-state index contributed by atoms with van der Waals surface area (Å²) in [6, 6.07) is 13.9. The first-order valence-electron chi connectivity index (χ1n) is 11.4. The molecule has 0 aromatic heterocycles. The van der Waals surface area contributed by atoms with Crippen LogP contribution in [0.5, 0.6) is 5.75 Å². The molecule has 0 aliphatic carbocycles. The molecule has 0 saturated heterocycles. The minimum absolute atomic E-state index is 0.0218. The molecule has 0 aliphatic heterocycles. The minimum Gasteiger partial charge on any atom is -0.495 e. The largest absolute Gasteiger partial charge is 0.495 e. The first-order valence-corrected chi connectivity index (χ1v) is 13.2. The third kappa shape index (κ3) is 7.72. The van der Waals surface area contributed by atoms with Crippen molar-refractivity contribution in [3.63, 3.8) is 0 Å². The van der Waals surface area contributed by atoms with Crippen LogP contribution in [0.1, 0.15) is 23.6 Å². The van der Waals surface area contributed by atoms with E-state index in [0.717, 1.165) is 30.2 Å². The fraction of sp³-hybridized carbons (Fsp3) is 0.308. The molecule has 3 rings (SSSR count). The lowest BCUT2D eigenvalue weighted by Crippen LogP contribution is -2.48. The zero-order valence-corrected chi connectivity index (χ0v) is 21.5. The van der Waals surface area contributed by atoms with Gasteiger partial charge in [-0.15, -0.1) is 0 Å². The van der Waals surface area contributed by atoms with Crippen LogP contribution in [0, 0.1) is 11.6 Å². The van der Waals surface area contributed by atoms with Crippen LogP contribution in [-0.2, 0) is 29.4 Å². The summed E-state index contributed by atoms with van der Waals surface area (Å²) in [4.78, 5) is -0.218. The van der Waals surface area contributed by atoms with Gasteiger partial charge in [0.2, 0.25) is 10.0 Å². The van der Waals surface area contributed by atoms with Gasteiger partial charge in [-0.25, -0.2) is 21.9 Å². The number of hydrogen-bond acceptors (Lipinski definition) is 5. The van der Waals surface area contributed by atoms with Gasteiger partial charge in [0.15, 0.2) is 0 Å². The summed E-state index contributed by atoms with van der Waals surface area (Å²) in [6.45, 7) is 2.52. The highest BCUT2D eigenvalue weighted by Gasteiger charge is 2.29. The quantitative estimate of drug-likeness (QED) is 0.321. The van der Waals surface area contributed by atoms with Crippen molar-refractivity contribution in [2.75, 3.05) is 13.7 Å². The van der Waals surface area contributed by atoms with Crippen LogP contribution >= 0.6 is 11.6 Å². The Bertz CT molecular complexity index is 1270. The van der Waals surface area contributed by atoms with Gasteiger partial charge in [0.1, 0.15) is 22.3 Å². The molecule has 0 fully saturated rings. The van der Waals surface area contributed by atoms with Crippen LogP contribution in [0.15, 0.2) is 65.6 Å². The Balaban J connectivity index is 1.82. The molecule has 0 saturated carbocycles. The second-order valence-electron chi connectivity index (χ2n) is 8.38. The van der Waals surface area contributed by atoms with Gasteiger partial charge in [-0.1, -0.05) is 42.8 Å². The Morgan fingerprint density at radius 1 is 1.00 bits per heavy atom. The van der Waals surface area contributed by atoms with Gasteiger partial charge in [0.25, 0.3) is 0 Å². The van der Waals surface area contributed by atoms with E-state index in [4.69, 9.17) is 16.3 Å². The molecule has 36 heavy (non-hydrogen) atoms. The maximum Gasteiger partial charge on any atom is 0.244 e. The molecule has 6 nitrogen and oxygen atoms in total. The van der Waals surface area contributed by atoms with Crippen LogP contribution in [0.3, 0.4) is 0 Å². The molecule has 0 aliphatic rings. The molecule has 0 heterocycles. The van der Waals surface area contributed by atoms with Crippen molar-refractivity contribution >= 4 is 21.6 Å². The highest BCUT2D eigenvalue weighted by atomic mass is 35.5. The molecule has 194 valence electrons. The van der Waals surface area contributed by atoms with E-state index in [9.17, 15) is 22.3 Å². The molecule has 0 bridgehead atoms. The average molecular weight is 539 g/mol. The van der Waals surface area contributed by atoms with Crippen molar-refractivity contribution in [3.05, 3.63) is 94.0 Å². The summed E-state index contributed by atoms with van der Waals surface area (Å²) >= 11 is 6.00. The number of rotatable bonds is 12. The number of aryl methyl sites for hydroxylation is 1. The number of sulfonamides is 1. The summed E-state index contributed by atoms with van der Waals surface area (Å²) in [5.41, 5.74) is 2.37. The maximum absolute atomic E-state index is 13.8. The SMILES string of the molecule is CCc1cccc(CNC[C@H](O)[C@@H](Cc2cc(F)cc(F)c2)NS(=O)(=O)c2cc(Cl)ccc2OC)c1. The van der Waals surface area contributed by atoms with E-state index < -0.39 is 33.8 Å². The highest BCUT2D eigenvalue weighted by molar-refractivity contribution is 7.89. The first-order chi connectivity index (χ1) is 17.1. The second kappa shape index (κ2) is 12.6. The van der Waals surface area contributed by atoms with Crippen molar-refractivity contribution in [2.24, 2.45) is 0 Å². The van der Waals surface area contributed by atoms with E-state index in [1.807, 2.05) is 24.3 Å². The molecule has 0 spiro atoms. The topological polar surface area (TPSA) is 87.7 Å². The van der Waals surface area contributed by atoms with Crippen molar-refractivity contribution in [2.45, 2.75) is 43.4 Å². The van der Waals surface area contributed by atoms with Crippen LogP contribution in [0.25, 0.3) is 0 Å². The number of aliphatic hydroxyl groups excluding tert-OH is 1. The Morgan fingerprint density at radius 3 is 2.36 bits per heavy atom. The molecule has 2 atom stereocenters. The number of halogens is 3. The Kier molecular flexibility index (Phi) is 9.81. The van der Waals surface area contributed by atoms with E-state index in [1.165, 1.54) is 30.9 Å². The van der Waals surface area contributed by atoms with Gasteiger partial charge in [0.05, 0.1) is 19.3 Å². The molecule has 0 unspecified atom stereocenters. The van der Waals surface area contributed by atoms with E-state index in [-0.39, 0.29) is 34.2 Å². The number of aliphatic hydroxyl groups is 1. The van der Waals surface area contributed by atoms with Crippen LogP contribution < -0.4 is 14.8 Å². The third-order valence-electron chi connectivity index (χ3n) is 5.65. The van der Waals surface area contributed by atoms with Gasteiger partial charge >= 0.3 is 0 Å². The fourth-order valence-corrected chi connectivity index (χ4v) is 5.53. The van der Waals surface area contributed by atoms with Crippen molar-refractivity contribution in [1.82, 2.24) is 10.0 Å². The summed E-state index contributed by atoms with van der Waals surface area (Å²) in [7, 11) is -2.91. The molecular weight excluding hydrogens is 510 g/mol. The van der Waals surface area contributed by atoms with Crippen molar-refractivity contribution < 1.29 is 27.0 Å². The van der Waals surface area contributed by atoms with Crippen LogP contribution in [-0.4, -0.2) is 39.3 Å². The van der Waals surface area contributed by atoms with Gasteiger partial charge in [-0.05, 0) is 59.9 Å². The Labute approximate surface area is 215 Å². The summed E-state index contributed by atoms with van der Waals surface area (Å²) in [6.07, 6.45) is -0.506. The van der Waals surface area contributed by atoms with Gasteiger partial charge in [-0.3, -0.25) is 0 Å². The third-order valence-corrected chi connectivity index (χ3v) is 7.39. The number of benzene rings is 3. The average Bonchev–Trinajstić information content (AvgIpc) is 2.83. The number of methoxy groups -OCH3 is 1. The Morgan fingerprint density at radius 2 is 1.69 bits per heavy atom. The minimum atomic E-state index is -4.23. The lowest BCUT2D eigenvalue weighted by atomic mass is 10.0. The van der Waals surface area contributed by atoms with Crippen molar-refractivity contribution in [1.29, 1.82) is 0 Å². The number of ether oxygens (including phenoxy) is 1.